The maximum absolute atomic E-state index is 12.3. The summed E-state index contributed by atoms with van der Waals surface area (Å²) in [6.07, 6.45) is 1.76. The maximum atomic E-state index is 12.3. The van der Waals surface area contributed by atoms with E-state index in [9.17, 15) is 4.79 Å². The average molecular weight is 363 g/mol. The number of ether oxygens (including phenoxy) is 3. The van der Waals surface area contributed by atoms with E-state index in [0.717, 1.165) is 24.6 Å². The number of aromatic nitrogens is 2. The molecule has 1 aromatic heterocycles. The molecule has 0 radical (unpaired) electrons. The summed E-state index contributed by atoms with van der Waals surface area (Å²) >= 11 is 7.50. The van der Waals surface area contributed by atoms with Crippen LogP contribution in [0.4, 0.5) is 0 Å². The first-order chi connectivity index (χ1) is 10.8. The van der Waals surface area contributed by atoms with Gasteiger partial charge in [0.1, 0.15) is 5.25 Å². The van der Waals surface area contributed by atoms with Gasteiger partial charge in [-0.1, -0.05) is 25.1 Å². The lowest BCUT2D eigenvalue weighted by atomic mass is 10.1. The van der Waals surface area contributed by atoms with E-state index in [4.69, 9.17) is 25.8 Å². The van der Waals surface area contributed by atoms with Crippen LogP contribution in [0.2, 0.25) is 0 Å². The van der Waals surface area contributed by atoms with Gasteiger partial charge in [-0.05, 0) is 20.3 Å². The van der Waals surface area contributed by atoms with Gasteiger partial charge in [0.2, 0.25) is 11.8 Å². The molecular weight excluding hydrogens is 340 g/mol. The number of halogens is 1. The predicted octanol–water partition coefficient (Wildman–Crippen LogP) is 3.32. The quantitative estimate of drug-likeness (QED) is 0.219. The van der Waals surface area contributed by atoms with Gasteiger partial charge in [-0.15, -0.1) is 11.6 Å². The number of unbranched alkanes of at least 4 members (excludes halogenated alkanes) is 1. The monoisotopic (exact) mass is 362 g/mol. The molecule has 0 saturated heterocycles. The third-order valence-corrected chi connectivity index (χ3v) is 4.64. The molecule has 0 aliphatic rings. The molecule has 0 aliphatic carbocycles. The van der Waals surface area contributed by atoms with E-state index in [-0.39, 0.29) is 5.97 Å². The van der Waals surface area contributed by atoms with Crippen molar-refractivity contribution in [3.8, 4) is 11.8 Å². The van der Waals surface area contributed by atoms with Crippen molar-refractivity contribution in [2.45, 2.75) is 48.9 Å². The van der Waals surface area contributed by atoms with Gasteiger partial charge in [0.15, 0.2) is 5.16 Å². The molecular formula is C15H23ClN2O4S. The van der Waals surface area contributed by atoms with E-state index in [1.54, 1.807) is 19.9 Å². The molecule has 1 unspecified atom stereocenters. The maximum Gasteiger partial charge on any atom is 0.321 e. The minimum atomic E-state index is -0.826. The summed E-state index contributed by atoms with van der Waals surface area (Å²) in [6.45, 7) is 5.92. The molecule has 0 bridgehead atoms. The van der Waals surface area contributed by atoms with Crippen LogP contribution in [0.15, 0.2) is 11.2 Å². The Kier molecular flexibility index (Phi) is 7.91. The number of hydrogen-bond acceptors (Lipinski definition) is 7. The highest BCUT2D eigenvalue weighted by atomic mass is 35.5. The number of esters is 1. The third kappa shape index (κ3) is 6.43. The zero-order chi connectivity index (χ0) is 17.5. The highest BCUT2D eigenvalue weighted by Gasteiger charge is 2.37. The summed E-state index contributed by atoms with van der Waals surface area (Å²) in [7, 11) is 3.00. The van der Waals surface area contributed by atoms with E-state index in [0.29, 0.717) is 23.5 Å². The standard InChI is InChI=1S/C15H23ClN2O4S/c1-6-7-8-22-13(19)12(15(2,3)16)23-14-17-10(20-4)9-11(18-14)21-5/h9,12H,6-8H2,1-5H3. The molecule has 6 nitrogen and oxygen atoms in total. The molecule has 0 fully saturated rings. The van der Waals surface area contributed by atoms with Crippen LogP contribution in [0.1, 0.15) is 33.6 Å². The van der Waals surface area contributed by atoms with E-state index < -0.39 is 10.1 Å². The lowest BCUT2D eigenvalue weighted by Crippen LogP contribution is -2.36. The molecule has 130 valence electrons. The van der Waals surface area contributed by atoms with Gasteiger partial charge < -0.3 is 14.2 Å². The van der Waals surface area contributed by atoms with Gasteiger partial charge in [0, 0.05) is 0 Å². The minimum Gasteiger partial charge on any atom is -0.481 e. The Morgan fingerprint density at radius 3 is 2.30 bits per heavy atom. The second-order valence-electron chi connectivity index (χ2n) is 5.32. The van der Waals surface area contributed by atoms with Crippen LogP contribution in [0.25, 0.3) is 0 Å². The lowest BCUT2D eigenvalue weighted by molar-refractivity contribution is -0.143. The molecule has 8 heteroatoms. The predicted molar refractivity (Wildman–Crippen MR) is 90.6 cm³/mol. The number of carbonyl (C=O) groups excluding carboxylic acids is 1. The van der Waals surface area contributed by atoms with Crippen LogP contribution < -0.4 is 9.47 Å². The van der Waals surface area contributed by atoms with E-state index in [1.165, 1.54) is 14.2 Å². The zero-order valence-corrected chi connectivity index (χ0v) is 15.7. The Bertz CT molecular complexity index is 500. The number of rotatable bonds is 9. The Morgan fingerprint density at radius 1 is 1.30 bits per heavy atom. The summed E-state index contributed by atoms with van der Waals surface area (Å²) in [5, 5.41) is -0.315. The number of hydrogen-bond donors (Lipinski definition) is 0. The molecule has 1 atom stereocenters. The summed E-state index contributed by atoms with van der Waals surface area (Å²) in [4.78, 5) is 19.9. The van der Waals surface area contributed by atoms with Gasteiger partial charge in [0.25, 0.3) is 0 Å². The molecule has 0 aromatic carbocycles. The Balaban J connectivity index is 2.95. The molecule has 1 heterocycles. The fourth-order valence-corrected chi connectivity index (χ4v) is 2.78. The number of thioether (sulfide) groups is 1. The fraction of sp³-hybridized carbons (Fsp3) is 0.667. The largest absolute Gasteiger partial charge is 0.481 e. The Labute approximate surface area is 146 Å². The van der Waals surface area contributed by atoms with Gasteiger partial charge in [-0.2, -0.15) is 9.97 Å². The van der Waals surface area contributed by atoms with Crippen molar-refractivity contribution in [1.82, 2.24) is 9.97 Å². The van der Waals surface area contributed by atoms with Crippen molar-refractivity contribution in [3.05, 3.63) is 6.07 Å². The van der Waals surface area contributed by atoms with E-state index >= 15 is 0 Å². The Morgan fingerprint density at radius 2 is 1.87 bits per heavy atom. The highest BCUT2D eigenvalue weighted by Crippen LogP contribution is 2.35. The van der Waals surface area contributed by atoms with Crippen LogP contribution in [0.3, 0.4) is 0 Å². The van der Waals surface area contributed by atoms with Crippen molar-refractivity contribution in [3.63, 3.8) is 0 Å². The second kappa shape index (κ2) is 9.17. The molecule has 0 aliphatic heterocycles. The molecule has 0 spiro atoms. The number of alkyl halides is 1. The topological polar surface area (TPSA) is 70.5 Å². The number of methoxy groups -OCH3 is 2. The second-order valence-corrected chi connectivity index (χ2v) is 7.37. The van der Waals surface area contributed by atoms with E-state index in [2.05, 4.69) is 9.97 Å². The fourth-order valence-electron chi connectivity index (χ4n) is 1.61. The summed E-state index contributed by atoms with van der Waals surface area (Å²) in [5.41, 5.74) is 0. The summed E-state index contributed by atoms with van der Waals surface area (Å²) < 4.78 is 15.5. The third-order valence-electron chi connectivity index (χ3n) is 2.88. The number of nitrogens with zero attached hydrogens (tertiary/aromatic N) is 2. The van der Waals surface area contributed by atoms with Crippen LogP contribution in [-0.4, -0.2) is 46.9 Å². The first-order valence-electron chi connectivity index (χ1n) is 7.31. The highest BCUT2D eigenvalue weighted by molar-refractivity contribution is 8.00. The van der Waals surface area contributed by atoms with Gasteiger partial charge in [-0.3, -0.25) is 4.79 Å². The molecule has 0 amide bonds. The molecule has 0 N–H and O–H groups in total. The van der Waals surface area contributed by atoms with Crippen molar-refractivity contribution >= 4 is 29.3 Å². The summed E-state index contributed by atoms with van der Waals surface area (Å²) in [5.74, 6) is 0.323. The van der Waals surface area contributed by atoms with Crippen molar-refractivity contribution < 1.29 is 19.0 Å². The normalized spacial score (nSPS) is 12.6. The number of carbonyl (C=O) groups is 1. The lowest BCUT2D eigenvalue weighted by Gasteiger charge is -2.25. The Hall–Kier alpha value is -1.21. The first-order valence-corrected chi connectivity index (χ1v) is 8.56. The molecule has 1 aromatic rings. The van der Waals surface area contributed by atoms with Crippen LogP contribution in [0, 0.1) is 0 Å². The van der Waals surface area contributed by atoms with Gasteiger partial charge in [-0.25, -0.2) is 0 Å². The van der Waals surface area contributed by atoms with Crippen molar-refractivity contribution in [1.29, 1.82) is 0 Å². The average Bonchev–Trinajstić information content (AvgIpc) is 2.51. The van der Waals surface area contributed by atoms with Gasteiger partial charge >= 0.3 is 5.97 Å². The van der Waals surface area contributed by atoms with Crippen molar-refractivity contribution in [2.75, 3.05) is 20.8 Å². The van der Waals surface area contributed by atoms with Gasteiger partial charge in [0.05, 0.1) is 31.8 Å². The molecule has 0 saturated carbocycles. The SMILES string of the molecule is CCCCOC(=O)C(Sc1nc(OC)cc(OC)n1)C(C)(C)Cl. The summed E-state index contributed by atoms with van der Waals surface area (Å²) in [6, 6.07) is 1.56. The van der Waals surface area contributed by atoms with Crippen LogP contribution in [0.5, 0.6) is 11.8 Å². The van der Waals surface area contributed by atoms with Crippen LogP contribution >= 0.6 is 23.4 Å². The van der Waals surface area contributed by atoms with E-state index in [1.807, 2.05) is 6.92 Å². The van der Waals surface area contributed by atoms with Crippen molar-refractivity contribution in [2.24, 2.45) is 0 Å². The zero-order valence-electron chi connectivity index (χ0n) is 14.1. The van der Waals surface area contributed by atoms with Crippen LogP contribution in [-0.2, 0) is 9.53 Å². The smallest absolute Gasteiger partial charge is 0.321 e. The molecule has 1 rings (SSSR count). The minimum absolute atomic E-state index is 0.340. The molecule has 23 heavy (non-hydrogen) atoms. The first kappa shape index (κ1) is 19.8.